The third kappa shape index (κ3) is 5.88. The second-order valence-electron chi connectivity index (χ2n) is 9.72. The van der Waals surface area contributed by atoms with Crippen molar-refractivity contribution >= 4 is 34.0 Å². The van der Waals surface area contributed by atoms with Gasteiger partial charge in [-0.25, -0.2) is 14.4 Å². The maximum atomic E-state index is 14.6. The molecule has 0 fully saturated rings. The predicted octanol–water partition coefficient (Wildman–Crippen LogP) is 6.30. The summed E-state index contributed by atoms with van der Waals surface area (Å²) in [5.41, 5.74) is 4.29. The largest absolute Gasteiger partial charge is 0.340 e. The first-order valence-electron chi connectivity index (χ1n) is 12.1. The Morgan fingerprint density at radius 3 is 2.61 bits per heavy atom. The number of benzene rings is 3. The van der Waals surface area contributed by atoms with Crippen molar-refractivity contribution in [1.82, 2.24) is 14.9 Å². The van der Waals surface area contributed by atoms with Gasteiger partial charge in [-0.2, -0.15) is 0 Å². The minimum atomic E-state index is -0.380. The maximum Gasteiger partial charge on any atom is 0.247 e. The monoisotopic (exact) mass is 507 g/mol. The molecule has 6 nitrogen and oxygen atoms in total. The number of rotatable bonds is 6. The van der Waals surface area contributed by atoms with Gasteiger partial charge in [-0.05, 0) is 82.4 Å². The lowest BCUT2D eigenvalue weighted by Crippen LogP contribution is -2.36. The van der Waals surface area contributed by atoms with Gasteiger partial charge < -0.3 is 10.6 Å². The van der Waals surface area contributed by atoms with Gasteiger partial charge in [-0.3, -0.25) is 9.69 Å². The van der Waals surface area contributed by atoms with Gasteiger partial charge in [0.2, 0.25) is 5.91 Å². The summed E-state index contributed by atoms with van der Waals surface area (Å²) in [7, 11) is 3.92. The second kappa shape index (κ2) is 10.8. The Hall–Kier alpha value is -4.54. The maximum absolute atomic E-state index is 14.6. The quantitative estimate of drug-likeness (QED) is 0.237. The van der Waals surface area contributed by atoms with E-state index < -0.39 is 0 Å². The Morgan fingerprint density at radius 2 is 1.89 bits per heavy atom. The fourth-order valence-electron chi connectivity index (χ4n) is 3.68. The molecule has 38 heavy (non-hydrogen) atoms. The standard InChI is InChI=1S/C31H30FN5O/c1-7-29(38)36-27-18-25-28(17-22(27)13-14-31(3,4)37(5)6)33-19-34-30(25)35-23-10-8-9-21(16-23)24-12-11-20(2)15-26(24)32/h7-12,15-19H,1H2,2-6H3,(H,36,38)(H,33,34,35). The summed E-state index contributed by atoms with van der Waals surface area (Å²) in [4.78, 5) is 23.1. The van der Waals surface area contributed by atoms with Crippen LogP contribution >= 0.6 is 0 Å². The summed E-state index contributed by atoms with van der Waals surface area (Å²) in [6, 6.07) is 16.3. The minimum absolute atomic E-state index is 0.275. The number of hydrogen-bond donors (Lipinski definition) is 2. The third-order valence-corrected chi connectivity index (χ3v) is 6.40. The smallest absolute Gasteiger partial charge is 0.247 e. The lowest BCUT2D eigenvalue weighted by molar-refractivity contribution is -0.111. The van der Waals surface area contributed by atoms with Crippen LogP contribution in [0.3, 0.4) is 0 Å². The molecule has 3 aromatic carbocycles. The van der Waals surface area contributed by atoms with Crippen molar-refractivity contribution in [2.75, 3.05) is 24.7 Å². The van der Waals surface area contributed by atoms with Gasteiger partial charge in [-0.15, -0.1) is 0 Å². The molecule has 4 aromatic rings. The van der Waals surface area contributed by atoms with Gasteiger partial charge in [0.05, 0.1) is 22.3 Å². The van der Waals surface area contributed by atoms with Crippen LogP contribution in [0.1, 0.15) is 25.0 Å². The average molecular weight is 508 g/mol. The molecule has 2 N–H and O–H groups in total. The van der Waals surface area contributed by atoms with E-state index in [1.54, 1.807) is 12.1 Å². The number of nitrogens with zero attached hydrogens (tertiary/aromatic N) is 3. The molecule has 0 spiro atoms. The zero-order valence-corrected chi connectivity index (χ0v) is 22.2. The number of fused-ring (bicyclic) bond motifs is 1. The van der Waals surface area contributed by atoms with Gasteiger partial charge in [0.15, 0.2) is 0 Å². The van der Waals surface area contributed by atoms with Crippen LogP contribution in [0.15, 0.2) is 73.6 Å². The Labute approximate surface area is 222 Å². The Morgan fingerprint density at radius 1 is 1.11 bits per heavy atom. The zero-order valence-electron chi connectivity index (χ0n) is 22.2. The third-order valence-electron chi connectivity index (χ3n) is 6.40. The first-order chi connectivity index (χ1) is 18.1. The van der Waals surface area contributed by atoms with Crippen LogP contribution < -0.4 is 10.6 Å². The molecule has 0 radical (unpaired) electrons. The van der Waals surface area contributed by atoms with E-state index in [9.17, 15) is 9.18 Å². The number of aromatic nitrogens is 2. The van der Waals surface area contributed by atoms with Crippen LogP contribution in [0.25, 0.3) is 22.0 Å². The van der Waals surface area contributed by atoms with E-state index in [1.807, 2.05) is 76.2 Å². The van der Waals surface area contributed by atoms with Crippen LogP contribution in [-0.4, -0.2) is 40.4 Å². The highest BCUT2D eigenvalue weighted by Crippen LogP contribution is 2.31. The molecule has 1 heterocycles. The highest BCUT2D eigenvalue weighted by molar-refractivity contribution is 6.03. The highest BCUT2D eigenvalue weighted by Gasteiger charge is 2.17. The van der Waals surface area contributed by atoms with Gasteiger partial charge in [-0.1, -0.05) is 42.7 Å². The summed E-state index contributed by atoms with van der Waals surface area (Å²) >= 11 is 0. The number of amides is 1. The molecular weight excluding hydrogens is 477 g/mol. The lowest BCUT2D eigenvalue weighted by Gasteiger charge is -2.26. The number of halogens is 1. The number of carbonyl (C=O) groups excluding carboxylic acids is 1. The highest BCUT2D eigenvalue weighted by atomic mass is 19.1. The molecule has 4 rings (SSSR count). The predicted molar refractivity (Wildman–Crippen MR) is 153 cm³/mol. The Balaban J connectivity index is 1.77. The molecule has 0 atom stereocenters. The van der Waals surface area contributed by atoms with Crippen molar-refractivity contribution in [1.29, 1.82) is 0 Å². The number of anilines is 3. The molecule has 0 unspecified atom stereocenters. The van der Waals surface area contributed by atoms with E-state index in [0.29, 0.717) is 33.5 Å². The molecule has 0 saturated heterocycles. The number of nitrogens with one attached hydrogen (secondary N) is 2. The van der Waals surface area contributed by atoms with Gasteiger partial charge in [0.1, 0.15) is 18.0 Å². The number of hydrogen-bond acceptors (Lipinski definition) is 5. The molecule has 1 amide bonds. The van der Waals surface area contributed by atoms with Crippen LogP contribution in [0.4, 0.5) is 21.6 Å². The summed E-state index contributed by atoms with van der Waals surface area (Å²) < 4.78 is 14.6. The molecule has 192 valence electrons. The lowest BCUT2D eigenvalue weighted by atomic mass is 10.0. The van der Waals surface area contributed by atoms with E-state index in [2.05, 4.69) is 39.0 Å². The van der Waals surface area contributed by atoms with E-state index in [0.717, 1.165) is 16.8 Å². The van der Waals surface area contributed by atoms with Crippen LogP contribution in [0, 0.1) is 24.6 Å². The van der Waals surface area contributed by atoms with Crippen LogP contribution in [0.5, 0.6) is 0 Å². The van der Waals surface area contributed by atoms with Gasteiger partial charge in [0, 0.05) is 16.6 Å². The van der Waals surface area contributed by atoms with E-state index in [1.165, 1.54) is 18.5 Å². The Kier molecular flexibility index (Phi) is 7.56. The fraction of sp³-hybridized carbons (Fsp3) is 0.194. The van der Waals surface area contributed by atoms with Gasteiger partial charge >= 0.3 is 0 Å². The number of aryl methyl sites for hydroxylation is 1. The van der Waals surface area contributed by atoms with E-state index in [4.69, 9.17) is 0 Å². The van der Waals surface area contributed by atoms with E-state index in [-0.39, 0.29) is 17.3 Å². The van der Waals surface area contributed by atoms with Crippen molar-refractivity contribution in [3.8, 4) is 23.0 Å². The first-order valence-corrected chi connectivity index (χ1v) is 12.1. The zero-order chi connectivity index (χ0) is 27.4. The number of carbonyl (C=O) groups is 1. The SMILES string of the molecule is C=CC(=O)Nc1cc2c(Nc3cccc(-c4ccc(C)cc4F)c3)ncnc2cc1C#CC(C)(C)N(C)C. The van der Waals surface area contributed by atoms with E-state index >= 15 is 0 Å². The van der Waals surface area contributed by atoms with Crippen LogP contribution in [-0.2, 0) is 4.79 Å². The summed E-state index contributed by atoms with van der Waals surface area (Å²) in [5.74, 6) is 6.39. The summed E-state index contributed by atoms with van der Waals surface area (Å²) in [6.45, 7) is 9.45. The molecule has 0 aliphatic carbocycles. The summed E-state index contributed by atoms with van der Waals surface area (Å²) in [6.07, 6.45) is 2.68. The molecule has 0 bridgehead atoms. The Bertz CT molecular complexity index is 1600. The molecule has 7 heteroatoms. The fourth-order valence-corrected chi connectivity index (χ4v) is 3.68. The van der Waals surface area contributed by atoms with Crippen LogP contribution in [0.2, 0.25) is 0 Å². The second-order valence-corrected chi connectivity index (χ2v) is 9.72. The molecule has 0 aliphatic heterocycles. The molecule has 1 aromatic heterocycles. The van der Waals surface area contributed by atoms with Crippen molar-refractivity contribution in [3.63, 3.8) is 0 Å². The molecular formula is C31H30FN5O. The topological polar surface area (TPSA) is 70.1 Å². The van der Waals surface area contributed by atoms with Gasteiger partial charge in [0.25, 0.3) is 0 Å². The van der Waals surface area contributed by atoms with Crippen molar-refractivity contribution in [2.24, 2.45) is 0 Å². The van der Waals surface area contributed by atoms with Crippen molar-refractivity contribution in [2.45, 2.75) is 26.3 Å². The van der Waals surface area contributed by atoms with Crippen molar-refractivity contribution < 1.29 is 9.18 Å². The van der Waals surface area contributed by atoms with Crippen molar-refractivity contribution in [3.05, 3.63) is 90.5 Å². The molecule has 0 saturated carbocycles. The average Bonchev–Trinajstić information content (AvgIpc) is 2.88. The first kappa shape index (κ1) is 26.5. The normalized spacial score (nSPS) is 11.1. The summed E-state index contributed by atoms with van der Waals surface area (Å²) in [5, 5.41) is 6.87. The minimum Gasteiger partial charge on any atom is -0.340 e. The molecule has 0 aliphatic rings.